The summed E-state index contributed by atoms with van der Waals surface area (Å²) in [5.74, 6) is 0.0918. The van der Waals surface area contributed by atoms with Crippen LogP contribution in [0.5, 0.6) is 0 Å². The van der Waals surface area contributed by atoms with Crippen LogP contribution in [-0.2, 0) is 14.3 Å². The van der Waals surface area contributed by atoms with Crippen molar-refractivity contribution in [3.63, 3.8) is 0 Å². The third-order valence-corrected chi connectivity index (χ3v) is 3.56. The zero-order valence-electron chi connectivity index (χ0n) is 11.5. The first kappa shape index (κ1) is 13.8. The molecule has 2 N–H and O–H groups in total. The lowest BCUT2D eigenvalue weighted by Gasteiger charge is -2.43. The molecule has 1 amide bonds. The van der Waals surface area contributed by atoms with Crippen molar-refractivity contribution in [2.75, 3.05) is 19.6 Å². The lowest BCUT2D eigenvalue weighted by Crippen LogP contribution is -2.58. The van der Waals surface area contributed by atoms with E-state index in [-0.39, 0.29) is 29.8 Å². The van der Waals surface area contributed by atoms with E-state index in [1.165, 1.54) is 0 Å². The van der Waals surface area contributed by atoms with Crippen molar-refractivity contribution >= 4 is 5.91 Å². The van der Waals surface area contributed by atoms with E-state index in [1.807, 2.05) is 25.7 Å². The molecule has 0 saturated carbocycles. The van der Waals surface area contributed by atoms with Crippen LogP contribution in [0.15, 0.2) is 0 Å². The molecule has 3 atom stereocenters. The maximum atomic E-state index is 12.4. The van der Waals surface area contributed by atoms with Crippen LogP contribution in [-0.4, -0.2) is 54.4 Å². The molecule has 0 aromatic rings. The number of amides is 1. The van der Waals surface area contributed by atoms with Crippen LogP contribution >= 0.6 is 0 Å². The van der Waals surface area contributed by atoms with Crippen LogP contribution in [0.4, 0.5) is 0 Å². The summed E-state index contributed by atoms with van der Waals surface area (Å²) in [6, 6.07) is 0. The summed E-state index contributed by atoms with van der Waals surface area (Å²) in [6.07, 6.45) is 1.64. The minimum absolute atomic E-state index is 0.0727. The fraction of sp³-hybridized carbons (Fsp3) is 0.923. The van der Waals surface area contributed by atoms with Crippen molar-refractivity contribution in [1.29, 1.82) is 0 Å². The Labute approximate surface area is 109 Å². The van der Waals surface area contributed by atoms with Crippen LogP contribution in [0.25, 0.3) is 0 Å². The number of hydrogen-bond acceptors (Lipinski definition) is 4. The second-order valence-corrected chi connectivity index (χ2v) is 5.97. The van der Waals surface area contributed by atoms with Gasteiger partial charge >= 0.3 is 0 Å². The second kappa shape index (κ2) is 5.15. The van der Waals surface area contributed by atoms with Gasteiger partial charge in [0.15, 0.2) is 0 Å². The van der Waals surface area contributed by atoms with Crippen molar-refractivity contribution in [2.24, 2.45) is 5.73 Å². The summed E-state index contributed by atoms with van der Waals surface area (Å²) in [5, 5.41) is 0. The Bertz CT molecular complexity index is 319. The summed E-state index contributed by atoms with van der Waals surface area (Å²) >= 11 is 0. The number of nitrogens with two attached hydrogens (primary N) is 1. The van der Waals surface area contributed by atoms with E-state index < -0.39 is 0 Å². The number of nitrogens with zero attached hydrogens (tertiary/aromatic N) is 1. The maximum absolute atomic E-state index is 12.4. The maximum Gasteiger partial charge on any atom is 0.251 e. The van der Waals surface area contributed by atoms with E-state index in [4.69, 9.17) is 15.2 Å². The average molecular weight is 256 g/mol. The molecule has 18 heavy (non-hydrogen) atoms. The molecule has 2 aliphatic rings. The Morgan fingerprint density at radius 2 is 2.17 bits per heavy atom. The van der Waals surface area contributed by atoms with Crippen LogP contribution < -0.4 is 5.73 Å². The molecule has 0 spiro atoms. The number of morpholine rings is 1. The summed E-state index contributed by atoms with van der Waals surface area (Å²) in [7, 11) is 0. The lowest BCUT2D eigenvalue weighted by atomic mass is 10.0. The molecule has 0 aromatic heterocycles. The Morgan fingerprint density at radius 1 is 1.44 bits per heavy atom. The predicted octanol–water partition coefficient (Wildman–Crippen LogP) is 0.519. The monoisotopic (exact) mass is 256 g/mol. The summed E-state index contributed by atoms with van der Waals surface area (Å²) in [6.45, 7) is 7.62. The van der Waals surface area contributed by atoms with Gasteiger partial charge in [-0.2, -0.15) is 0 Å². The Kier molecular flexibility index (Phi) is 3.94. The first-order valence-electron chi connectivity index (χ1n) is 6.73. The van der Waals surface area contributed by atoms with E-state index in [9.17, 15) is 4.79 Å². The molecule has 0 aliphatic carbocycles. The molecule has 5 heteroatoms. The van der Waals surface area contributed by atoms with Gasteiger partial charge in [-0.3, -0.25) is 4.79 Å². The highest BCUT2D eigenvalue weighted by molar-refractivity contribution is 5.81. The summed E-state index contributed by atoms with van der Waals surface area (Å²) in [4.78, 5) is 14.3. The number of carbonyl (C=O) groups is 1. The van der Waals surface area contributed by atoms with Crippen molar-refractivity contribution in [3.05, 3.63) is 0 Å². The van der Waals surface area contributed by atoms with Crippen molar-refractivity contribution < 1.29 is 14.3 Å². The van der Waals surface area contributed by atoms with E-state index in [0.717, 1.165) is 12.8 Å². The molecule has 2 heterocycles. The van der Waals surface area contributed by atoms with Gasteiger partial charge in [-0.25, -0.2) is 0 Å². The number of hydrogen-bond donors (Lipinski definition) is 1. The molecule has 0 aromatic carbocycles. The fourth-order valence-electron chi connectivity index (χ4n) is 2.77. The van der Waals surface area contributed by atoms with Crippen molar-refractivity contribution in [1.82, 2.24) is 4.90 Å². The topological polar surface area (TPSA) is 64.8 Å². The van der Waals surface area contributed by atoms with Gasteiger partial charge in [-0.15, -0.1) is 0 Å². The molecule has 3 unspecified atom stereocenters. The Hall–Kier alpha value is -0.650. The zero-order chi connectivity index (χ0) is 13.3. The molecular formula is C13H24N2O3. The first-order chi connectivity index (χ1) is 8.41. The number of carbonyl (C=O) groups excluding carboxylic acids is 1. The molecule has 0 radical (unpaired) electrons. The molecule has 0 bridgehead atoms. The molecule has 2 saturated heterocycles. The number of ether oxygens (including phenoxy) is 2. The van der Waals surface area contributed by atoms with Gasteiger partial charge in [-0.1, -0.05) is 0 Å². The van der Waals surface area contributed by atoms with E-state index in [0.29, 0.717) is 19.6 Å². The van der Waals surface area contributed by atoms with Crippen LogP contribution in [0, 0.1) is 0 Å². The number of rotatable bonds is 2. The smallest absolute Gasteiger partial charge is 0.251 e. The second-order valence-electron chi connectivity index (χ2n) is 5.97. The van der Waals surface area contributed by atoms with Gasteiger partial charge in [0, 0.05) is 19.6 Å². The molecule has 5 nitrogen and oxygen atoms in total. The van der Waals surface area contributed by atoms with E-state index in [2.05, 4.69) is 0 Å². The summed E-state index contributed by atoms with van der Waals surface area (Å²) in [5.41, 5.74) is 5.34. The average Bonchev–Trinajstić information content (AvgIpc) is 2.72. The van der Waals surface area contributed by atoms with Gasteiger partial charge in [0.25, 0.3) is 5.91 Å². The van der Waals surface area contributed by atoms with Gasteiger partial charge < -0.3 is 20.1 Å². The highest BCUT2D eigenvalue weighted by atomic mass is 16.5. The lowest BCUT2D eigenvalue weighted by molar-refractivity contribution is -0.167. The van der Waals surface area contributed by atoms with Crippen LogP contribution in [0.2, 0.25) is 0 Å². The zero-order valence-corrected chi connectivity index (χ0v) is 11.5. The van der Waals surface area contributed by atoms with Crippen LogP contribution in [0.3, 0.4) is 0 Å². The first-order valence-corrected chi connectivity index (χ1v) is 6.73. The Balaban J connectivity index is 2.00. The molecule has 2 aliphatic heterocycles. The molecule has 2 rings (SSSR count). The standard InChI is InChI=1S/C13H24N2O3/c1-9-4-5-11(17-9)12(16)15-7-10(6-14)18-13(2,3)8-15/h9-11H,4-8,14H2,1-3H3. The normalized spacial score (nSPS) is 35.8. The summed E-state index contributed by atoms with van der Waals surface area (Å²) < 4.78 is 11.5. The predicted molar refractivity (Wildman–Crippen MR) is 68.2 cm³/mol. The Morgan fingerprint density at radius 3 is 2.72 bits per heavy atom. The minimum atomic E-state index is -0.331. The largest absolute Gasteiger partial charge is 0.367 e. The van der Waals surface area contributed by atoms with Gasteiger partial charge in [-0.05, 0) is 33.6 Å². The van der Waals surface area contributed by atoms with E-state index >= 15 is 0 Å². The highest BCUT2D eigenvalue weighted by Gasteiger charge is 2.39. The van der Waals surface area contributed by atoms with Crippen molar-refractivity contribution in [3.8, 4) is 0 Å². The van der Waals surface area contributed by atoms with E-state index in [1.54, 1.807) is 0 Å². The van der Waals surface area contributed by atoms with Gasteiger partial charge in [0.2, 0.25) is 0 Å². The van der Waals surface area contributed by atoms with Gasteiger partial charge in [0.05, 0.1) is 17.8 Å². The third-order valence-electron chi connectivity index (χ3n) is 3.56. The molecular weight excluding hydrogens is 232 g/mol. The minimum Gasteiger partial charge on any atom is -0.367 e. The van der Waals surface area contributed by atoms with Crippen molar-refractivity contribution in [2.45, 2.75) is 57.5 Å². The van der Waals surface area contributed by atoms with Gasteiger partial charge in [0.1, 0.15) is 6.10 Å². The molecule has 104 valence electrons. The third kappa shape index (κ3) is 3.02. The van der Waals surface area contributed by atoms with Crippen LogP contribution in [0.1, 0.15) is 33.6 Å². The highest BCUT2D eigenvalue weighted by Crippen LogP contribution is 2.25. The molecule has 2 fully saturated rings. The SMILES string of the molecule is CC1CCC(C(=O)N2CC(CN)OC(C)(C)C2)O1. The fourth-order valence-corrected chi connectivity index (χ4v) is 2.77. The quantitative estimate of drug-likeness (QED) is 0.782.